The third kappa shape index (κ3) is 3.35. The molecule has 0 unspecified atom stereocenters. The predicted octanol–water partition coefficient (Wildman–Crippen LogP) is 3.92. The Morgan fingerprint density at radius 3 is 2.68 bits per heavy atom. The molecule has 4 fully saturated rings. The van der Waals surface area contributed by atoms with Gasteiger partial charge >= 0.3 is 11.9 Å². The number of aliphatic hydroxyl groups is 1. The molecular formula is C30H40O7. The number of carbonyl (C=O) groups excluding carboxylic acids is 3. The molecule has 6 aliphatic rings. The first kappa shape index (κ1) is 25.3. The van der Waals surface area contributed by atoms with Gasteiger partial charge in [-0.25, -0.2) is 4.79 Å². The van der Waals surface area contributed by atoms with Crippen molar-refractivity contribution in [3.63, 3.8) is 0 Å². The van der Waals surface area contributed by atoms with E-state index in [1.54, 1.807) is 6.08 Å². The maximum Gasteiger partial charge on any atom is 0.337 e. The Hall–Kier alpha value is -1.99. The molecule has 0 amide bonds. The Morgan fingerprint density at radius 1 is 1.22 bits per heavy atom. The summed E-state index contributed by atoms with van der Waals surface area (Å²) in [5.41, 5.74) is -0.434. The van der Waals surface area contributed by atoms with Crippen LogP contribution >= 0.6 is 0 Å². The van der Waals surface area contributed by atoms with Gasteiger partial charge in [0.25, 0.3) is 0 Å². The highest BCUT2D eigenvalue weighted by atomic mass is 16.6. The smallest absolute Gasteiger partial charge is 0.337 e. The Bertz CT molecular complexity index is 1110. The highest BCUT2D eigenvalue weighted by Gasteiger charge is 2.77. The Morgan fingerprint density at radius 2 is 1.97 bits per heavy atom. The fourth-order valence-electron chi connectivity index (χ4n) is 9.65. The summed E-state index contributed by atoms with van der Waals surface area (Å²) in [6.07, 6.45) is 8.27. The first-order valence-electron chi connectivity index (χ1n) is 14.0. The van der Waals surface area contributed by atoms with Crippen molar-refractivity contribution in [3.8, 4) is 0 Å². The van der Waals surface area contributed by atoms with Gasteiger partial charge in [0.05, 0.1) is 17.1 Å². The number of allylic oxidation sites excluding steroid dienone is 1. The van der Waals surface area contributed by atoms with Crippen molar-refractivity contribution < 1.29 is 33.7 Å². The molecule has 0 radical (unpaired) electrons. The monoisotopic (exact) mass is 512 g/mol. The van der Waals surface area contributed by atoms with E-state index in [4.69, 9.17) is 14.2 Å². The quantitative estimate of drug-likeness (QED) is 0.450. The van der Waals surface area contributed by atoms with Crippen LogP contribution in [0.25, 0.3) is 0 Å². The number of epoxide rings is 1. The summed E-state index contributed by atoms with van der Waals surface area (Å²) in [6, 6.07) is 0. The van der Waals surface area contributed by atoms with E-state index in [0.29, 0.717) is 30.3 Å². The molecule has 11 atom stereocenters. The standard InChI is InChI=1S/C30H40O7/c1-15-13-22(36-27(33)18(15)14-35-17(3)31)16(2)19-8-9-20-24-21(10-12-28(19,20)4)29(5)23(32)7-6-11-30(29,34)26-25(24)37-26/h6-7,16,19-22,24-26,34H,8-14H2,1-5H3/t16-,19+,20-,21-,22+,24-,25-,26-,28+,29-,30-/m0/s1. The van der Waals surface area contributed by atoms with Gasteiger partial charge in [0.1, 0.15) is 24.4 Å². The van der Waals surface area contributed by atoms with Gasteiger partial charge in [-0.05, 0) is 87.0 Å². The summed E-state index contributed by atoms with van der Waals surface area (Å²) >= 11 is 0. The van der Waals surface area contributed by atoms with E-state index in [9.17, 15) is 19.5 Å². The van der Waals surface area contributed by atoms with Crippen molar-refractivity contribution in [2.75, 3.05) is 6.61 Å². The van der Waals surface area contributed by atoms with Crippen LogP contribution in [0.3, 0.4) is 0 Å². The lowest BCUT2D eigenvalue weighted by molar-refractivity contribution is -0.182. The average molecular weight is 513 g/mol. The van der Waals surface area contributed by atoms with E-state index in [1.807, 2.05) is 19.9 Å². The van der Waals surface area contributed by atoms with E-state index in [2.05, 4.69) is 13.8 Å². The van der Waals surface area contributed by atoms with E-state index < -0.39 is 17.0 Å². The number of cyclic esters (lactones) is 1. The van der Waals surface area contributed by atoms with Gasteiger partial charge in [-0.15, -0.1) is 0 Å². The highest BCUT2D eigenvalue weighted by Crippen LogP contribution is 2.71. The van der Waals surface area contributed by atoms with Gasteiger partial charge in [-0.1, -0.05) is 25.5 Å². The van der Waals surface area contributed by atoms with Crippen LogP contribution in [0.2, 0.25) is 0 Å². The van der Waals surface area contributed by atoms with Crippen LogP contribution in [0.4, 0.5) is 0 Å². The van der Waals surface area contributed by atoms with Crippen molar-refractivity contribution in [2.45, 2.75) is 97.1 Å². The zero-order chi connectivity index (χ0) is 26.5. The Labute approximate surface area is 219 Å². The summed E-state index contributed by atoms with van der Waals surface area (Å²) in [5, 5.41) is 11.7. The van der Waals surface area contributed by atoms with Crippen molar-refractivity contribution in [1.82, 2.24) is 0 Å². The molecule has 0 aromatic rings. The number of ketones is 1. The van der Waals surface area contributed by atoms with E-state index in [0.717, 1.165) is 31.3 Å². The molecule has 7 heteroatoms. The van der Waals surface area contributed by atoms with Gasteiger partial charge in [0.15, 0.2) is 5.78 Å². The topological polar surface area (TPSA) is 102 Å². The molecule has 0 aromatic carbocycles. The zero-order valence-electron chi connectivity index (χ0n) is 22.6. The molecule has 1 N–H and O–H groups in total. The first-order chi connectivity index (χ1) is 17.4. The molecule has 202 valence electrons. The molecule has 7 nitrogen and oxygen atoms in total. The predicted molar refractivity (Wildman–Crippen MR) is 134 cm³/mol. The molecular weight excluding hydrogens is 472 g/mol. The molecule has 2 aliphatic heterocycles. The third-order valence-electron chi connectivity index (χ3n) is 11.8. The Balaban J connectivity index is 1.24. The van der Waals surface area contributed by atoms with Gasteiger partial charge in [0, 0.05) is 13.3 Å². The molecule has 37 heavy (non-hydrogen) atoms. The highest BCUT2D eigenvalue weighted by molar-refractivity contribution is 5.97. The summed E-state index contributed by atoms with van der Waals surface area (Å²) in [7, 11) is 0. The van der Waals surface area contributed by atoms with Crippen LogP contribution in [0, 0.1) is 40.4 Å². The molecule has 2 heterocycles. The average Bonchev–Trinajstić information content (AvgIpc) is 3.56. The molecule has 0 aromatic heterocycles. The lowest BCUT2D eigenvalue weighted by Crippen LogP contribution is -2.67. The van der Waals surface area contributed by atoms with E-state index in [1.165, 1.54) is 6.92 Å². The van der Waals surface area contributed by atoms with Gasteiger partial charge in [0.2, 0.25) is 0 Å². The number of hydrogen-bond acceptors (Lipinski definition) is 7. The van der Waals surface area contributed by atoms with E-state index >= 15 is 0 Å². The molecule has 3 saturated carbocycles. The van der Waals surface area contributed by atoms with Crippen molar-refractivity contribution in [3.05, 3.63) is 23.3 Å². The molecule has 6 rings (SSSR count). The van der Waals surface area contributed by atoms with Crippen LogP contribution in [0.1, 0.15) is 73.1 Å². The SMILES string of the molecule is CC(=O)OCC1=C(C)C[C@H]([C@@H](C)[C@H]2CC[C@H]3[C@@H]4[C@@H]5O[C@@H]5[C@@]5(O)CC=CC(=O)[C@]5(C)[C@H]4CC[C@]23C)OC1=O. The van der Waals surface area contributed by atoms with Crippen LogP contribution < -0.4 is 0 Å². The maximum atomic E-state index is 13.3. The fourth-order valence-corrected chi connectivity index (χ4v) is 9.65. The fraction of sp³-hybridized carbons (Fsp3) is 0.767. The second kappa shape index (κ2) is 8.25. The minimum atomic E-state index is -1.10. The van der Waals surface area contributed by atoms with Gasteiger partial charge in [-0.3, -0.25) is 9.59 Å². The molecule has 0 bridgehead atoms. The van der Waals surface area contributed by atoms with Gasteiger partial charge in [-0.2, -0.15) is 0 Å². The minimum absolute atomic E-state index is 0.0302. The number of ether oxygens (including phenoxy) is 3. The van der Waals surface area contributed by atoms with Crippen molar-refractivity contribution >= 4 is 17.7 Å². The Kier molecular flexibility index (Phi) is 5.64. The van der Waals surface area contributed by atoms with Crippen LogP contribution in [-0.2, 0) is 28.6 Å². The lowest BCUT2D eigenvalue weighted by atomic mass is 9.43. The zero-order valence-corrected chi connectivity index (χ0v) is 22.6. The summed E-state index contributed by atoms with van der Waals surface area (Å²) < 4.78 is 17.3. The third-order valence-corrected chi connectivity index (χ3v) is 11.8. The second-order valence-electron chi connectivity index (χ2n) is 13.2. The van der Waals surface area contributed by atoms with Crippen LogP contribution in [0.15, 0.2) is 23.3 Å². The van der Waals surface area contributed by atoms with Crippen LogP contribution in [0.5, 0.6) is 0 Å². The van der Waals surface area contributed by atoms with Crippen LogP contribution in [-0.4, -0.2) is 53.3 Å². The number of carbonyl (C=O) groups is 3. The summed E-state index contributed by atoms with van der Waals surface area (Å²) in [6.45, 7) is 9.87. The summed E-state index contributed by atoms with van der Waals surface area (Å²) in [5.74, 6) is 0.662. The maximum absolute atomic E-state index is 13.3. The number of esters is 2. The first-order valence-corrected chi connectivity index (χ1v) is 14.0. The second-order valence-corrected chi connectivity index (χ2v) is 13.2. The molecule has 0 spiro atoms. The number of rotatable bonds is 4. The number of hydrogen-bond donors (Lipinski definition) is 1. The molecule has 1 saturated heterocycles. The van der Waals surface area contributed by atoms with E-state index in [-0.39, 0.29) is 59.8 Å². The largest absolute Gasteiger partial charge is 0.461 e. The van der Waals surface area contributed by atoms with Crippen molar-refractivity contribution in [2.24, 2.45) is 40.4 Å². The lowest BCUT2D eigenvalue weighted by Gasteiger charge is -2.60. The number of fused-ring (bicyclic) bond motifs is 8. The summed E-state index contributed by atoms with van der Waals surface area (Å²) in [4.78, 5) is 37.4. The molecule has 4 aliphatic carbocycles. The van der Waals surface area contributed by atoms with Crippen molar-refractivity contribution in [1.29, 1.82) is 0 Å². The minimum Gasteiger partial charge on any atom is -0.461 e. The van der Waals surface area contributed by atoms with Gasteiger partial charge < -0.3 is 19.3 Å². The normalized spacial score (nSPS) is 48.9.